The van der Waals surface area contributed by atoms with Gasteiger partial charge in [0.25, 0.3) is 0 Å². The Hall–Kier alpha value is -1.08. The van der Waals surface area contributed by atoms with E-state index in [4.69, 9.17) is 0 Å². The van der Waals surface area contributed by atoms with Crippen LogP contribution in [-0.2, 0) is 12.8 Å². The van der Waals surface area contributed by atoms with Crippen molar-refractivity contribution in [2.45, 2.75) is 50.8 Å². The second kappa shape index (κ2) is 7.79. The van der Waals surface area contributed by atoms with E-state index < -0.39 is 0 Å². The molecule has 0 aromatic heterocycles. The van der Waals surface area contributed by atoms with Gasteiger partial charge >= 0.3 is 0 Å². The lowest BCUT2D eigenvalue weighted by molar-refractivity contribution is 0.654. The first-order valence-corrected chi connectivity index (χ1v) is 8.93. The fourth-order valence-electron chi connectivity index (χ4n) is 3.04. The molecule has 2 rings (SSSR count). The summed E-state index contributed by atoms with van der Waals surface area (Å²) >= 11 is 3.96. The summed E-state index contributed by atoms with van der Waals surface area (Å²) in [7, 11) is 0. The lowest BCUT2D eigenvalue weighted by Crippen LogP contribution is -2.06. The number of halogens is 1. The highest BCUT2D eigenvalue weighted by atomic mass is 79.9. The predicted octanol–water partition coefficient (Wildman–Crippen LogP) is 6.44. The molecule has 0 fully saturated rings. The van der Waals surface area contributed by atoms with E-state index >= 15 is 0 Å². The zero-order valence-electron chi connectivity index (χ0n) is 13.3. The van der Waals surface area contributed by atoms with Crippen LogP contribution in [0.2, 0.25) is 0 Å². The summed E-state index contributed by atoms with van der Waals surface area (Å²) in [4.78, 5) is 0.376. The molecule has 0 saturated heterocycles. The highest BCUT2D eigenvalue weighted by molar-refractivity contribution is 9.09. The molecule has 0 aliphatic carbocycles. The first-order chi connectivity index (χ1) is 10.2. The van der Waals surface area contributed by atoms with Crippen molar-refractivity contribution in [3.63, 3.8) is 0 Å². The third-order valence-corrected chi connectivity index (χ3v) is 5.50. The SMILES string of the molecule is CCc1ccc(C(Br)C(CC)c2ccccc2)cc1CC. The molecule has 0 aliphatic heterocycles. The fourth-order valence-corrected chi connectivity index (χ4v) is 4.00. The summed E-state index contributed by atoms with van der Waals surface area (Å²) in [6.07, 6.45) is 3.36. The number of hydrogen-bond acceptors (Lipinski definition) is 0. The minimum atomic E-state index is 0.376. The van der Waals surface area contributed by atoms with Crippen LogP contribution < -0.4 is 0 Å². The molecule has 2 atom stereocenters. The van der Waals surface area contributed by atoms with Crippen molar-refractivity contribution in [1.29, 1.82) is 0 Å². The molecule has 0 bridgehead atoms. The molecule has 0 N–H and O–H groups in total. The fraction of sp³-hybridized carbons (Fsp3) is 0.400. The first-order valence-electron chi connectivity index (χ1n) is 8.01. The van der Waals surface area contributed by atoms with Crippen LogP contribution in [0.15, 0.2) is 48.5 Å². The second-order valence-corrected chi connectivity index (χ2v) is 6.55. The van der Waals surface area contributed by atoms with Crippen LogP contribution in [0.1, 0.15) is 60.2 Å². The van der Waals surface area contributed by atoms with Crippen LogP contribution in [0.4, 0.5) is 0 Å². The molecule has 2 aromatic carbocycles. The molecule has 0 spiro atoms. The maximum atomic E-state index is 3.96. The average Bonchev–Trinajstić information content (AvgIpc) is 2.55. The van der Waals surface area contributed by atoms with Crippen molar-refractivity contribution in [3.05, 3.63) is 70.8 Å². The average molecular weight is 345 g/mol. The minimum Gasteiger partial charge on any atom is -0.0832 e. The number of rotatable bonds is 6. The van der Waals surface area contributed by atoms with Gasteiger partial charge in [-0.15, -0.1) is 0 Å². The normalized spacial score (nSPS) is 13.9. The number of benzene rings is 2. The Morgan fingerprint density at radius 2 is 1.48 bits per heavy atom. The summed E-state index contributed by atoms with van der Waals surface area (Å²) in [5.41, 5.74) is 5.79. The van der Waals surface area contributed by atoms with E-state index in [1.54, 1.807) is 0 Å². The Bertz CT molecular complexity index is 559. The van der Waals surface area contributed by atoms with Crippen molar-refractivity contribution in [2.75, 3.05) is 0 Å². The summed E-state index contributed by atoms with van der Waals surface area (Å²) in [6.45, 7) is 6.75. The van der Waals surface area contributed by atoms with Gasteiger partial charge in [-0.3, -0.25) is 0 Å². The van der Waals surface area contributed by atoms with Crippen LogP contribution in [-0.4, -0.2) is 0 Å². The molecule has 1 heteroatoms. The van der Waals surface area contributed by atoms with Crippen LogP contribution in [0.3, 0.4) is 0 Å². The van der Waals surface area contributed by atoms with E-state index in [1.165, 1.54) is 22.3 Å². The van der Waals surface area contributed by atoms with Crippen LogP contribution >= 0.6 is 15.9 Å². The van der Waals surface area contributed by atoms with Gasteiger partial charge in [0.05, 0.1) is 0 Å². The Labute approximate surface area is 137 Å². The van der Waals surface area contributed by atoms with Gasteiger partial charge in [0.2, 0.25) is 0 Å². The maximum Gasteiger partial charge on any atom is 0.0463 e. The quantitative estimate of drug-likeness (QED) is 0.528. The van der Waals surface area contributed by atoms with Gasteiger partial charge in [0.15, 0.2) is 0 Å². The van der Waals surface area contributed by atoms with Crippen molar-refractivity contribution in [1.82, 2.24) is 0 Å². The summed E-state index contributed by atoms with van der Waals surface area (Å²) in [5.74, 6) is 0.517. The van der Waals surface area contributed by atoms with Crippen LogP contribution in [0, 0.1) is 0 Å². The molecular weight excluding hydrogens is 320 g/mol. The standard InChI is InChI=1S/C20H25Br/c1-4-15-12-13-18(14-16(15)5-2)20(21)19(6-3)17-10-8-7-9-11-17/h7-14,19-20H,4-6H2,1-3H3. The Kier molecular flexibility index (Phi) is 6.05. The smallest absolute Gasteiger partial charge is 0.0463 e. The van der Waals surface area contributed by atoms with Crippen LogP contribution in [0.25, 0.3) is 0 Å². The molecule has 0 amide bonds. The van der Waals surface area contributed by atoms with Crippen molar-refractivity contribution < 1.29 is 0 Å². The molecule has 0 saturated carbocycles. The van der Waals surface area contributed by atoms with Gasteiger partial charge in [-0.05, 0) is 41.5 Å². The van der Waals surface area contributed by atoms with Gasteiger partial charge in [0.1, 0.15) is 0 Å². The van der Waals surface area contributed by atoms with Crippen LogP contribution in [0.5, 0.6) is 0 Å². The van der Waals surface area contributed by atoms with Gasteiger partial charge in [0, 0.05) is 10.7 Å². The van der Waals surface area contributed by atoms with E-state index in [0.29, 0.717) is 10.7 Å². The summed E-state index contributed by atoms with van der Waals surface area (Å²) in [5, 5.41) is 0. The summed E-state index contributed by atoms with van der Waals surface area (Å²) < 4.78 is 0. The topological polar surface area (TPSA) is 0 Å². The zero-order valence-corrected chi connectivity index (χ0v) is 14.9. The largest absolute Gasteiger partial charge is 0.0832 e. The minimum absolute atomic E-state index is 0.376. The van der Waals surface area contributed by atoms with E-state index in [2.05, 4.69) is 85.2 Å². The Morgan fingerprint density at radius 1 is 0.810 bits per heavy atom. The molecule has 21 heavy (non-hydrogen) atoms. The number of alkyl halides is 1. The van der Waals surface area contributed by atoms with Gasteiger partial charge in [-0.25, -0.2) is 0 Å². The Morgan fingerprint density at radius 3 is 2.05 bits per heavy atom. The third kappa shape index (κ3) is 3.77. The zero-order chi connectivity index (χ0) is 15.2. The number of aryl methyl sites for hydroxylation is 2. The van der Waals surface area contributed by atoms with Gasteiger partial charge in [-0.1, -0.05) is 85.2 Å². The molecule has 0 heterocycles. The molecule has 2 unspecified atom stereocenters. The van der Waals surface area contributed by atoms with E-state index in [0.717, 1.165) is 19.3 Å². The lowest BCUT2D eigenvalue weighted by Gasteiger charge is -2.23. The van der Waals surface area contributed by atoms with Crippen molar-refractivity contribution in [3.8, 4) is 0 Å². The second-order valence-electron chi connectivity index (χ2n) is 5.56. The van der Waals surface area contributed by atoms with E-state index in [-0.39, 0.29) is 0 Å². The van der Waals surface area contributed by atoms with E-state index in [9.17, 15) is 0 Å². The molecular formula is C20H25Br. The third-order valence-electron chi connectivity index (χ3n) is 4.33. The summed E-state index contributed by atoms with van der Waals surface area (Å²) in [6, 6.07) is 17.8. The highest BCUT2D eigenvalue weighted by Crippen LogP contribution is 2.40. The number of hydrogen-bond donors (Lipinski definition) is 0. The lowest BCUT2D eigenvalue weighted by atomic mass is 9.88. The molecule has 112 valence electrons. The molecule has 0 aliphatic rings. The van der Waals surface area contributed by atoms with Gasteiger partial charge in [-0.2, -0.15) is 0 Å². The Balaban J connectivity index is 2.31. The van der Waals surface area contributed by atoms with Crippen molar-refractivity contribution >= 4 is 15.9 Å². The van der Waals surface area contributed by atoms with E-state index in [1.807, 2.05) is 0 Å². The monoisotopic (exact) mass is 344 g/mol. The maximum absolute atomic E-state index is 3.96. The first kappa shape index (κ1) is 16.3. The molecule has 0 nitrogen and oxygen atoms in total. The van der Waals surface area contributed by atoms with Crippen molar-refractivity contribution in [2.24, 2.45) is 0 Å². The predicted molar refractivity (Wildman–Crippen MR) is 96.3 cm³/mol. The molecule has 2 aromatic rings. The highest BCUT2D eigenvalue weighted by Gasteiger charge is 2.21. The van der Waals surface area contributed by atoms with Gasteiger partial charge < -0.3 is 0 Å². The molecule has 0 radical (unpaired) electrons.